The molecule has 2 N–H and O–H groups in total. The van der Waals surface area contributed by atoms with Crippen molar-refractivity contribution in [3.8, 4) is 5.75 Å². The number of para-hydroxylation sites is 1. The highest BCUT2D eigenvalue weighted by molar-refractivity contribution is 5.74. The van der Waals surface area contributed by atoms with E-state index in [0.717, 1.165) is 29.3 Å². The fourth-order valence-electron chi connectivity index (χ4n) is 2.40. The first-order valence-electron chi connectivity index (χ1n) is 7.01. The second-order valence-electron chi connectivity index (χ2n) is 5.16. The van der Waals surface area contributed by atoms with E-state index in [1.54, 1.807) is 0 Å². The molecule has 5 nitrogen and oxygen atoms in total. The molecule has 2 amide bonds. The summed E-state index contributed by atoms with van der Waals surface area (Å²) in [4.78, 5) is 11.9. The van der Waals surface area contributed by atoms with Gasteiger partial charge in [0.25, 0.3) is 0 Å². The molecule has 3 rings (SSSR count). The molecule has 0 saturated heterocycles. The number of carbonyl (C=O) groups is 1. The van der Waals surface area contributed by atoms with Gasteiger partial charge in [0.05, 0.1) is 12.6 Å². The summed E-state index contributed by atoms with van der Waals surface area (Å²) in [5.41, 5.74) is 1.12. The molecular formula is C16H18N2O3. The molecule has 0 spiro atoms. The first kappa shape index (κ1) is 13.5. The number of rotatable bonds is 3. The lowest BCUT2D eigenvalue weighted by Crippen LogP contribution is -2.47. The third-order valence-corrected chi connectivity index (χ3v) is 3.43. The number of carbonyl (C=O) groups excluding carboxylic acids is 1. The molecule has 1 aromatic carbocycles. The maximum Gasteiger partial charge on any atom is 0.315 e. The van der Waals surface area contributed by atoms with E-state index in [1.807, 2.05) is 43.3 Å². The van der Waals surface area contributed by atoms with Gasteiger partial charge in [-0.3, -0.25) is 0 Å². The third-order valence-electron chi connectivity index (χ3n) is 3.43. The fraction of sp³-hybridized carbons (Fsp3) is 0.312. The molecule has 1 aliphatic rings. The molecule has 0 unspecified atom stereocenters. The second kappa shape index (κ2) is 5.91. The zero-order chi connectivity index (χ0) is 14.7. The maximum absolute atomic E-state index is 11.9. The molecule has 0 aliphatic carbocycles. The van der Waals surface area contributed by atoms with Gasteiger partial charge in [0.1, 0.15) is 23.9 Å². The summed E-state index contributed by atoms with van der Waals surface area (Å²) in [5, 5.41) is 5.70. The summed E-state index contributed by atoms with van der Waals surface area (Å²) in [6.45, 7) is 2.74. The van der Waals surface area contributed by atoms with Crippen molar-refractivity contribution in [3.05, 3.63) is 53.5 Å². The van der Waals surface area contributed by atoms with Gasteiger partial charge in [-0.25, -0.2) is 4.79 Å². The zero-order valence-corrected chi connectivity index (χ0v) is 11.9. The molecule has 1 atom stereocenters. The average Bonchev–Trinajstić information content (AvgIpc) is 2.91. The maximum atomic E-state index is 11.9. The van der Waals surface area contributed by atoms with Crippen LogP contribution in [0.4, 0.5) is 4.79 Å². The molecule has 21 heavy (non-hydrogen) atoms. The molecule has 2 heterocycles. The molecule has 1 aliphatic heterocycles. The van der Waals surface area contributed by atoms with Gasteiger partial charge in [0.2, 0.25) is 0 Å². The van der Waals surface area contributed by atoms with Crippen molar-refractivity contribution >= 4 is 6.03 Å². The summed E-state index contributed by atoms with van der Waals surface area (Å²) in [5.74, 6) is 2.49. The predicted molar refractivity (Wildman–Crippen MR) is 78.2 cm³/mol. The number of ether oxygens (including phenoxy) is 1. The first-order chi connectivity index (χ1) is 10.2. The molecule has 2 aromatic rings. The van der Waals surface area contributed by atoms with Gasteiger partial charge in [-0.2, -0.15) is 0 Å². The van der Waals surface area contributed by atoms with Crippen LogP contribution in [-0.4, -0.2) is 18.7 Å². The van der Waals surface area contributed by atoms with Gasteiger partial charge >= 0.3 is 6.03 Å². The third kappa shape index (κ3) is 3.37. The summed E-state index contributed by atoms with van der Waals surface area (Å²) >= 11 is 0. The Morgan fingerprint density at radius 1 is 1.29 bits per heavy atom. The second-order valence-corrected chi connectivity index (χ2v) is 5.16. The lowest BCUT2D eigenvalue weighted by atomic mass is 10.0. The van der Waals surface area contributed by atoms with E-state index in [1.165, 1.54) is 0 Å². The van der Waals surface area contributed by atoms with Gasteiger partial charge in [0.15, 0.2) is 0 Å². The molecular weight excluding hydrogens is 268 g/mol. The average molecular weight is 286 g/mol. The quantitative estimate of drug-likeness (QED) is 0.910. The minimum atomic E-state index is -0.211. The Kier molecular flexibility index (Phi) is 3.81. The zero-order valence-electron chi connectivity index (χ0n) is 11.9. The van der Waals surface area contributed by atoms with E-state index in [0.29, 0.717) is 13.2 Å². The Balaban J connectivity index is 1.50. The largest absolute Gasteiger partial charge is 0.491 e. The standard InChI is InChI=1S/C16H18N2O3/c1-11-6-7-14(21-11)9-17-16(19)18-13-8-12-4-2-3-5-15(12)20-10-13/h2-7,13H,8-10H2,1H3,(H2,17,18,19)/t13-/m0/s1. The number of hydrogen-bond acceptors (Lipinski definition) is 3. The summed E-state index contributed by atoms with van der Waals surface area (Å²) in [6, 6.07) is 11.4. The van der Waals surface area contributed by atoms with E-state index in [9.17, 15) is 4.79 Å². The van der Waals surface area contributed by atoms with Gasteiger partial charge in [-0.1, -0.05) is 18.2 Å². The number of hydrogen-bond donors (Lipinski definition) is 2. The van der Waals surface area contributed by atoms with E-state index in [4.69, 9.17) is 9.15 Å². The number of urea groups is 1. The number of fused-ring (bicyclic) bond motifs is 1. The first-order valence-corrected chi connectivity index (χ1v) is 7.01. The van der Waals surface area contributed by atoms with E-state index in [2.05, 4.69) is 10.6 Å². The monoisotopic (exact) mass is 286 g/mol. The smallest absolute Gasteiger partial charge is 0.315 e. The molecule has 0 saturated carbocycles. The number of furan rings is 1. The number of aryl methyl sites for hydroxylation is 1. The van der Waals surface area contributed by atoms with E-state index >= 15 is 0 Å². The highest BCUT2D eigenvalue weighted by Gasteiger charge is 2.20. The van der Waals surface area contributed by atoms with Crippen LogP contribution < -0.4 is 15.4 Å². The van der Waals surface area contributed by atoms with E-state index in [-0.39, 0.29) is 12.1 Å². The molecule has 0 radical (unpaired) electrons. The minimum absolute atomic E-state index is 0.0155. The SMILES string of the molecule is Cc1ccc(CNC(=O)N[C@@H]2COc3ccccc3C2)o1. The van der Waals surface area contributed by atoms with Crippen molar-refractivity contribution in [2.75, 3.05) is 6.61 Å². The number of nitrogens with one attached hydrogen (secondary N) is 2. The normalized spacial score (nSPS) is 16.7. The molecule has 1 aromatic heterocycles. The summed E-state index contributed by atoms with van der Waals surface area (Å²) < 4.78 is 11.0. The van der Waals surface area contributed by atoms with Crippen LogP contribution in [0.15, 0.2) is 40.8 Å². The number of amides is 2. The van der Waals surface area contributed by atoms with Gasteiger partial charge < -0.3 is 19.8 Å². The Bertz CT molecular complexity index is 636. The van der Waals surface area contributed by atoms with Crippen molar-refractivity contribution in [3.63, 3.8) is 0 Å². The van der Waals surface area contributed by atoms with Crippen LogP contribution in [0, 0.1) is 6.92 Å². The molecule has 0 bridgehead atoms. The van der Waals surface area contributed by atoms with Crippen LogP contribution in [0.2, 0.25) is 0 Å². The Labute approximate surface area is 123 Å². The van der Waals surface area contributed by atoms with E-state index < -0.39 is 0 Å². The summed E-state index contributed by atoms with van der Waals surface area (Å²) in [7, 11) is 0. The topological polar surface area (TPSA) is 63.5 Å². The van der Waals surface area contributed by atoms with Crippen molar-refractivity contribution in [1.82, 2.24) is 10.6 Å². The lowest BCUT2D eigenvalue weighted by molar-refractivity contribution is 0.213. The Morgan fingerprint density at radius 2 is 2.14 bits per heavy atom. The van der Waals surface area contributed by atoms with Crippen LogP contribution in [0.5, 0.6) is 5.75 Å². The Morgan fingerprint density at radius 3 is 2.95 bits per heavy atom. The van der Waals surface area contributed by atoms with Gasteiger partial charge in [0, 0.05) is 0 Å². The van der Waals surface area contributed by atoms with Crippen LogP contribution >= 0.6 is 0 Å². The van der Waals surface area contributed by atoms with Crippen molar-refractivity contribution in [2.24, 2.45) is 0 Å². The van der Waals surface area contributed by atoms with Crippen LogP contribution in [-0.2, 0) is 13.0 Å². The number of benzene rings is 1. The molecule has 0 fully saturated rings. The highest BCUT2D eigenvalue weighted by atomic mass is 16.5. The predicted octanol–water partition coefficient (Wildman–Crippen LogP) is 2.39. The molecule has 5 heteroatoms. The lowest BCUT2D eigenvalue weighted by Gasteiger charge is -2.26. The fourth-order valence-corrected chi connectivity index (χ4v) is 2.40. The van der Waals surface area contributed by atoms with Crippen LogP contribution in [0.1, 0.15) is 17.1 Å². The van der Waals surface area contributed by atoms with Crippen LogP contribution in [0.3, 0.4) is 0 Å². The molecule has 110 valence electrons. The Hall–Kier alpha value is -2.43. The van der Waals surface area contributed by atoms with Crippen molar-refractivity contribution in [1.29, 1.82) is 0 Å². The van der Waals surface area contributed by atoms with Crippen LogP contribution in [0.25, 0.3) is 0 Å². The van der Waals surface area contributed by atoms with Crippen molar-refractivity contribution in [2.45, 2.75) is 25.9 Å². The van der Waals surface area contributed by atoms with Gasteiger partial charge in [-0.05, 0) is 37.1 Å². The summed E-state index contributed by atoms with van der Waals surface area (Å²) in [6.07, 6.45) is 0.781. The van der Waals surface area contributed by atoms with Crippen molar-refractivity contribution < 1.29 is 13.9 Å². The minimum Gasteiger partial charge on any atom is -0.491 e. The highest BCUT2D eigenvalue weighted by Crippen LogP contribution is 2.23. The van der Waals surface area contributed by atoms with Gasteiger partial charge in [-0.15, -0.1) is 0 Å².